The maximum atomic E-state index is 12.0. The number of carbonyl (C=O) groups is 1. The molecule has 98 valence electrons. The molecule has 0 aliphatic carbocycles. The van der Waals surface area contributed by atoms with Crippen LogP contribution in [0.2, 0.25) is 0 Å². The summed E-state index contributed by atoms with van der Waals surface area (Å²) in [4.78, 5) is 12.3. The summed E-state index contributed by atoms with van der Waals surface area (Å²) in [5, 5.41) is 2.85. The Labute approximate surface area is 121 Å². The molecular formula is C13H17BrN2OS. The van der Waals surface area contributed by atoms with E-state index in [0.29, 0.717) is 6.42 Å². The van der Waals surface area contributed by atoms with E-state index in [9.17, 15) is 4.79 Å². The van der Waals surface area contributed by atoms with Gasteiger partial charge < -0.3 is 11.1 Å². The second-order valence-corrected chi connectivity index (χ2v) is 5.52. The number of benzene rings is 1. The summed E-state index contributed by atoms with van der Waals surface area (Å²) in [6.45, 7) is 3.97. The van der Waals surface area contributed by atoms with E-state index in [0.717, 1.165) is 22.1 Å². The van der Waals surface area contributed by atoms with Crippen LogP contribution >= 0.6 is 28.1 Å². The summed E-state index contributed by atoms with van der Waals surface area (Å²) in [5.41, 5.74) is 7.42. The topological polar surface area (TPSA) is 55.1 Å². The second-order valence-electron chi connectivity index (χ2n) is 4.20. The summed E-state index contributed by atoms with van der Waals surface area (Å²) < 4.78 is 1.01. The maximum Gasteiger partial charge on any atom is 0.234 e. The molecule has 0 bridgehead atoms. The molecule has 1 unspecified atom stereocenters. The minimum Gasteiger partial charge on any atom is -0.393 e. The van der Waals surface area contributed by atoms with Crippen LogP contribution in [0, 0.1) is 12.8 Å². The molecule has 18 heavy (non-hydrogen) atoms. The van der Waals surface area contributed by atoms with Crippen molar-refractivity contribution in [3.8, 4) is 0 Å². The lowest BCUT2D eigenvalue weighted by Gasteiger charge is -2.15. The van der Waals surface area contributed by atoms with Crippen LogP contribution in [0.25, 0.3) is 0 Å². The van der Waals surface area contributed by atoms with Crippen molar-refractivity contribution in [1.29, 1.82) is 0 Å². The normalized spacial score (nSPS) is 11.9. The highest BCUT2D eigenvalue weighted by molar-refractivity contribution is 9.10. The van der Waals surface area contributed by atoms with Gasteiger partial charge in [-0.2, -0.15) is 0 Å². The number of nitrogens with one attached hydrogen (secondary N) is 1. The number of amides is 1. The molecule has 0 fully saturated rings. The Morgan fingerprint density at radius 1 is 1.56 bits per heavy atom. The first-order valence-corrected chi connectivity index (χ1v) is 7.02. The SMILES string of the molecule is CCCC(C(=O)Nc1ccc(Br)c(C)c1)C(N)=S. The average molecular weight is 329 g/mol. The molecule has 0 heterocycles. The minimum absolute atomic E-state index is 0.133. The van der Waals surface area contributed by atoms with Crippen LogP contribution in [0.4, 0.5) is 5.69 Å². The quantitative estimate of drug-likeness (QED) is 0.814. The fourth-order valence-electron chi connectivity index (χ4n) is 1.64. The summed E-state index contributed by atoms with van der Waals surface area (Å²) in [6, 6.07) is 5.66. The molecule has 5 heteroatoms. The molecular weight excluding hydrogens is 312 g/mol. The summed E-state index contributed by atoms with van der Waals surface area (Å²) in [6.07, 6.45) is 1.55. The zero-order chi connectivity index (χ0) is 13.7. The number of carbonyl (C=O) groups excluding carboxylic acids is 1. The van der Waals surface area contributed by atoms with Crippen LogP contribution in [-0.2, 0) is 4.79 Å². The van der Waals surface area contributed by atoms with Crippen molar-refractivity contribution in [2.75, 3.05) is 5.32 Å². The van der Waals surface area contributed by atoms with E-state index in [-0.39, 0.29) is 10.9 Å². The Morgan fingerprint density at radius 3 is 2.72 bits per heavy atom. The zero-order valence-corrected chi connectivity index (χ0v) is 12.9. The molecule has 3 N–H and O–H groups in total. The molecule has 1 aromatic rings. The van der Waals surface area contributed by atoms with Gasteiger partial charge in [0.05, 0.1) is 10.9 Å². The fraction of sp³-hybridized carbons (Fsp3) is 0.385. The van der Waals surface area contributed by atoms with Gasteiger partial charge in [-0.3, -0.25) is 4.79 Å². The minimum atomic E-state index is -0.394. The second kappa shape index (κ2) is 6.85. The molecule has 0 aliphatic rings. The molecule has 0 saturated heterocycles. The van der Waals surface area contributed by atoms with Crippen LogP contribution in [0.3, 0.4) is 0 Å². The third kappa shape index (κ3) is 4.07. The molecule has 0 aromatic heterocycles. The van der Waals surface area contributed by atoms with Crippen molar-refractivity contribution >= 4 is 44.7 Å². The molecule has 0 spiro atoms. The molecule has 1 aromatic carbocycles. The van der Waals surface area contributed by atoms with E-state index in [1.165, 1.54) is 0 Å². The van der Waals surface area contributed by atoms with Crippen LogP contribution in [0.1, 0.15) is 25.3 Å². The van der Waals surface area contributed by atoms with E-state index in [4.69, 9.17) is 18.0 Å². The van der Waals surface area contributed by atoms with Gasteiger partial charge in [-0.1, -0.05) is 41.5 Å². The van der Waals surface area contributed by atoms with Gasteiger partial charge in [0.25, 0.3) is 0 Å². The number of anilines is 1. The summed E-state index contributed by atoms with van der Waals surface area (Å²) >= 11 is 8.35. The smallest absolute Gasteiger partial charge is 0.234 e. The Kier molecular flexibility index (Phi) is 5.75. The van der Waals surface area contributed by atoms with Crippen molar-refractivity contribution < 1.29 is 4.79 Å². The third-order valence-corrected chi connectivity index (χ3v) is 3.84. The Balaban J connectivity index is 2.79. The van der Waals surface area contributed by atoms with E-state index in [1.54, 1.807) is 0 Å². The predicted molar refractivity (Wildman–Crippen MR) is 82.7 cm³/mol. The van der Waals surface area contributed by atoms with Crippen molar-refractivity contribution in [2.45, 2.75) is 26.7 Å². The van der Waals surface area contributed by atoms with Crippen LogP contribution < -0.4 is 11.1 Å². The highest BCUT2D eigenvalue weighted by Crippen LogP contribution is 2.21. The van der Waals surface area contributed by atoms with E-state index < -0.39 is 5.92 Å². The number of hydrogen-bond acceptors (Lipinski definition) is 2. The van der Waals surface area contributed by atoms with Gasteiger partial charge in [0, 0.05) is 10.2 Å². The first-order valence-electron chi connectivity index (χ1n) is 5.82. The first-order chi connectivity index (χ1) is 8.45. The van der Waals surface area contributed by atoms with E-state index >= 15 is 0 Å². The highest BCUT2D eigenvalue weighted by atomic mass is 79.9. The lowest BCUT2D eigenvalue weighted by molar-refractivity contribution is -0.118. The lowest BCUT2D eigenvalue weighted by atomic mass is 10.0. The zero-order valence-electron chi connectivity index (χ0n) is 10.5. The standard InChI is InChI=1S/C13H17BrN2OS/c1-3-4-10(12(15)18)13(17)16-9-5-6-11(14)8(2)7-9/h5-7,10H,3-4H2,1-2H3,(H2,15,18)(H,16,17). The van der Waals surface area contributed by atoms with E-state index in [1.807, 2.05) is 32.0 Å². The predicted octanol–water partition coefficient (Wildman–Crippen LogP) is 3.40. The fourth-order valence-corrected chi connectivity index (χ4v) is 2.11. The van der Waals surface area contributed by atoms with Gasteiger partial charge in [-0.15, -0.1) is 0 Å². The number of nitrogens with two attached hydrogens (primary N) is 1. The van der Waals surface area contributed by atoms with Gasteiger partial charge in [0.1, 0.15) is 0 Å². The average Bonchev–Trinajstić information content (AvgIpc) is 2.30. The molecule has 1 amide bonds. The number of hydrogen-bond donors (Lipinski definition) is 2. The van der Waals surface area contributed by atoms with Gasteiger partial charge in [0.15, 0.2) is 0 Å². The van der Waals surface area contributed by atoms with Crippen molar-refractivity contribution in [3.63, 3.8) is 0 Å². The number of thiocarbonyl (C=S) groups is 1. The monoisotopic (exact) mass is 328 g/mol. The van der Waals surface area contributed by atoms with Crippen LogP contribution in [0.15, 0.2) is 22.7 Å². The first kappa shape index (κ1) is 15.1. The van der Waals surface area contributed by atoms with Crippen LogP contribution in [-0.4, -0.2) is 10.9 Å². The Hall–Kier alpha value is -0.940. The largest absolute Gasteiger partial charge is 0.393 e. The van der Waals surface area contributed by atoms with E-state index in [2.05, 4.69) is 21.2 Å². The number of aryl methyl sites for hydroxylation is 1. The molecule has 1 rings (SSSR count). The summed E-state index contributed by atoms with van der Waals surface area (Å²) in [5.74, 6) is -0.528. The molecule has 0 saturated carbocycles. The maximum absolute atomic E-state index is 12.0. The third-order valence-electron chi connectivity index (χ3n) is 2.66. The molecule has 0 radical (unpaired) electrons. The Bertz CT molecular complexity index is 462. The number of rotatable bonds is 5. The van der Waals surface area contributed by atoms with Crippen molar-refractivity contribution in [2.24, 2.45) is 11.7 Å². The highest BCUT2D eigenvalue weighted by Gasteiger charge is 2.20. The van der Waals surface area contributed by atoms with Crippen molar-refractivity contribution in [1.82, 2.24) is 0 Å². The molecule has 1 atom stereocenters. The number of halogens is 1. The van der Waals surface area contributed by atoms with Crippen molar-refractivity contribution in [3.05, 3.63) is 28.2 Å². The summed E-state index contributed by atoms with van der Waals surface area (Å²) in [7, 11) is 0. The molecule has 3 nitrogen and oxygen atoms in total. The van der Waals surface area contributed by atoms with Gasteiger partial charge >= 0.3 is 0 Å². The van der Waals surface area contributed by atoms with Gasteiger partial charge in [0.2, 0.25) is 5.91 Å². The molecule has 0 aliphatic heterocycles. The lowest BCUT2D eigenvalue weighted by Crippen LogP contribution is -2.33. The van der Waals surface area contributed by atoms with Gasteiger partial charge in [-0.25, -0.2) is 0 Å². The van der Waals surface area contributed by atoms with Crippen LogP contribution in [0.5, 0.6) is 0 Å². The van der Waals surface area contributed by atoms with Gasteiger partial charge in [-0.05, 0) is 37.1 Å². The Morgan fingerprint density at radius 2 is 2.22 bits per heavy atom.